The molecule has 0 radical (unpaired) electrons. The van der Waals surface area contributed by atoms with Crippen LogP contribution in [0.3, 0.4) is 0 Å². The van der Waals surface area contributed by atoms with Crippen molar-refractivity contribution in [2.45, 2.75) is 46.6 Å². The fourth-order valence-electron chi connectivity index (χ4n) is 2.33. The summed E-state index contributed by atoms with van der Waals surface area (Å²) in [5.74, 6) is 1.92. The molecule has 3 heteroatoms. The van der Waals surface area contributed by atoms with Crippen molar-refractivity contribution < 1.29 is 0 Å². The smallest absolute Gasteiger partial charge is 0.124 e. The number of nitriles is 1. The van der Waals surface area contributed by atoms with Crippen LogP contribution in [-0.4, -0.2) is 9.55 Å². The topological polar surface area (TPSA) is 41.6 Å². The Balaban J connectivity index is 2.56. The summed E-state index contributed by atoms with van der Waals surface area (Å²) in [7, 11) is 0. The van der Waals surface area contributed by atoms with Gasteiger partial charge in [0.25, 0.3) is 0 Å². The second-order valence-corrected chi connectivity index (χ2v) is 5.77. The molecule has 1 heterocycles. The first-order valence-electron chi connectivity index (χ1n) is 6.89. The van der Waals surface area contributed by atoms with Crippen LogP contribution in [0.1, 0.15) is 45.0 Å². The third kappa shape index (κ3) is 2.78. The predicted octanol–water partition coefficient (Wildman–Crippen LogP) is 3.88. The Morgan fingerprint density at radius 2 is 2.00 bits per heavy atom. The number of rotatable bonds is 4. The molecule has 19 heavy (non-hydrogen) atoms. The maximum atomic E-state index is 8.94. The normalized spacial score (nSPS) is 11.4. The molecule has 100 valence electrons. The van der Waals surface area contributed by atoms with Crippen molar-refractivity contribution >= 4 is 11.0 Å². The van der Waals surface area contributed by atoms with Gasteiger partial charge in [-0.1, -0.05) is 33.8 Å². The van der Waals surface area contributed by atoms with Gasteiger partial charge in [-0.2, -0.15) is 5.26 Å². The molecule has 0 N–H and O–H groups in total. The molecule has 0 aliphatic carbocycles. The van der Waals surface area contributed by atoms with Crippen LogP contribution < -0.4 is 0 Å². The van der Waals surface area contributed by atoms with Crippen molar-refractivity contribution in [1.82, 2.24) is 9.55 Å². The number of hydrogen-bond donors (Lipinski definition) is 0. The van der Waals surface area contributed by atoms with E-state index in [-0.39, 0.29) is 0 Å². The molecule has 0 atom stereocenters. The molecule has 0 aliphatic heterocycles. The molecular formula is C16H21N3. The van der Waals surface area contributed by atoms with E-state index in [1.54, 1.807) is 0 Å². The molecule has 0 amide bonds. The lowest BCUT2D eigenvalue weighted by molar-refractivity contribution is 0.521. The third-order valence-electron chi connectivity index (χ3n) is 3.30. The molecule has 2 aromatic rings. The first-order valence-corrected chi connectivity index (χ1v) is 6.89. The summed E-state index contributed by atoms with van der Waals surface area (Å²) in [6.45, 7) is 9.65. The van der Waals surface area contributed by atoms with Crippen molar-refractivity contribution in [3.05, 3.63) is 29.6 Å². The Morgan fingerprint density at radius 3 is 2.58 bits per heavy atom. The fraction of sp³-hybridized carbons (Fsp3) is 0.500. The van der Waals surface area contributed by atoms with Gasteiger partial charge in [0.05, 0.1) is 23.5 Å². The van der Waals surface area contributed by atoms with Crippen LogP contribution in [0, 0.1) is 17.2 Å². The number of fused-ring (bicyclic) bond motifs is 1. The molecule has 1 aromatic heterocycles. The van der Waals surface area contributed by atoms with E-state index in [9.17, 15) is 0 Å². The standard InChI is InChI=1S/C16H21N3/c1-11(2)10-19-15-6-5-13(12(3)4)9-14(15)18-16(19)7-8-17/h5-6,9,11-12H,7,10H2,1-4H3. The number of imidazole rings is 1. The van der Waals surface area contributed by atoms with Gasteiger partial charge < -0.3 is 4.57 Å². The van der Waals surface area contributed by atoms with Crippen LogP contribution in [0.4, 0.5) is 0 Å². The minimum absolute atomic E-state index is 0.373. The van der Waals surface area contributed by atoms with E-state index in [4.69, 9.17) is 5.26 Å². The highest BCUT2D eigenvalue weighted by molar-refractivity contribution is 5.77. The largest absolute Gasteiger partial charge is 0.327 e. The van der Waals surface area contributed by atoms with Crippen LogP contribution in [-0.2, 0) is 13.0 Å². The van der Waals surface area contributed by atoms with Crippen molar-refractivity contribution in [2.75, 3.05) is 0 Å². The maximum Gasteiger partial charge on any atom is 0.124 e. The lowest BCUT2D eigenvalue weighted by Gasteiger charge is -2.11. The molecule has 2 rings (SSSR count). The van der Waals surface area contributed by atoms with E-state index in [0.717, 1.165) is 23.4 Å². The Bertz CT molecular complexity index is 615. The quantitative estimate of drug-likeness (QED) is 0.832. The highest BCUT2D eigenvalue weighted by Crippen LogP contribution is 2.23. The number of nitrogens with zero attached hydrogens (tertiary/aromatic N) is 3. The van der Waals surface area contributed by atoms with E-state index in [1.807, 2.05) is 0 Å². The molecule has 0 saturated carbocycles. The summed E-state index contributed by atoms with van der Waals surface area (Å²) in [4.78, 5) is 4.64. The SMILES string of the molecule is CC(C)Cn1c(CC#N)nc2cc(C(C)C)ccc21. The van der Waals surface area contributed by atoms with Gasteiger partial charge >= 0.3 is 0 Å². The highest BCUT2D eigenvalue weighted by Gasteiger charge is 2.12. The Kier molecular flexibility index (Phi) is 3.90. The molecule has 0 saturated heterocycles. The predicted molar refractivity (Wildman–Crippen MR) is 78.0 cm³/mol. The number of benzene rings is 1. The van der Waals surface area contributed by atoms with Crippen LogP contribution >= 0.6 is 0 Å². The summed E-state index contributed by atoms with van der Waals surface area (Å²) in [5.41, 5.74) is 3.45. The molecule has 0 unspecified atom stereocenters. The molecular weight excluding hydrogens is 234 g/mol. The molecule has 3 nitrogen and oxygen atoms in total. The van der Waals surface area contributed by atoms with Crippen LogP contribution in [0.15, 0.2) is 18.2 Å². The first kappa shape index (κ1) is 13.6. The van der Waals surface area contributed by atoms with E-state index in [1.165, 1.54) is 5.56 Å². The van der Waals surface area contributed by atoms with Crippen LogP contribution in [0.25, 0.3) is 11.0 Å². The van der Waals surface area contributed by atoms with Crippen molar-refractivity contribution in [1.29, 1.82) is 5.26 Å². The monoisotopic (exact) mass is 255 g/mol. The minimum Gasteiger partial charge on any atom is -0.327 e. The van der Waals surface area contributed by atoms with Crippen molar-refractivity contribution in [2.24, 2.45) is 5.92 Å². The van der Waals surface area contributed by atoms with E-state index in [2.05, 4.69) is 61.5 Å². The average Bonchev–Trinajstić information content (AvgIpc) is 2.66. The summed E-state index contributed by atoms with van der Waals surface area (Å²) >= 11 is 0. The van der Waals surface area contributed by atoms with Gasteiger partial charge in [0, 0.05) is 6.54 Å². The second-order valence-electron chi connectivity index (χ2n) is 5.77. The molecule has 0 bridgehead atoms. The average molecular weight is 255 g/mol. The van der Waals surface area contributed by atoms with Gasteiger partial charge in [0.15, 0.2) is 0 Å². The van der Waals surface area contributed by atoms with Gasteiger partial charge in [-0.25, -0.2) is 4.98 Å². The minimum atomic E-state index is 0.373. The summed E-state index contributed by atoms with van der Waals surface area (Å²) < 4.78 is 2.19. The fourth-order valence-corrected chi connectivity index (χ4v) is 2.33. The number of hydrogen-bond acceptors (Lipinski definition) is 2. The van der Waals surface area contributed by atoms with E-state index in [0.29, 0.717) is 18.3 Å². The van der Waals surface area contributed by atoms with Gasteiger partial charge in [-0.15, -0.1) is 0 Å². The summed E-state index contributed by atoms with van der Waals surface area (Å²) in [6.07, 6.45) is 0.373. The third-order valence-corrected chi connectivity index (χ3v) is 3.30. The van der Waals surface area contributed by atoms with Crippen LogP contribution in [0.5, 0.6) is 0 Å². The first-order chi connectivity index (χ1) is 9.02. The van der Waals surface area contributed by atoms with Gasteiger partial charge in [-0.3, -0.25) is 0 Å². The van der Waals surface area contributed by atoms with Crippen LogP contribution in [0.2, 0.25) is 0 Å². The zero-order chi connectivity index (χ0) is 14.0. The van der Waals surface area contributed by atoms with E-state index >= 15 is 0 Å². The Labute approximate surface area is 114 Å². The molecule has 0 aliphatic rings. The molecule has 0 spiro atoms. The zero-order valence-electron chi connectivity index (χ0n) is 12.1. The second kappa shape index (κ2) is 5.44. The zero-order valence-corrected chi connectivity index (χ0v) is 12.1. The maximum absolute atomic E-state index is 8.94. The van der Waals surface area contributed by atoms with E-state index < -0.39 is 0 Å². The Morgan fingerprint density at radius 1 is 1.26 bits per heavy atom. The highest BCUT2D eigenvalue weighted by atomic mass is 15.1. The summed E-state index contributed by atoms with van der Waals surface area (Å²) in [5, 5.41) is 8.94. The van der Waals surface area contributed by atoms with Crippen molar-refractivity contribution in [3.8, 4) is 6.07 Å². The van der Waals surface area contributed by atoms with Crippen molar-refractivity contribution in [3.63, 3.8) is 0 Å². The lowest BCUT2D eigenvalue weighted by atomic mass is 10.0. The number of aromatic nitrogens is 2. The lowest BCUT2D eigenvalue weighted by Crippen LogP contribution is -2.08. The van der Waals surface area contributed by atoms with Gasteiger partial charge in [0.2, 0.25) is 0 Å². The summed E-state index contributed by atoms with van der Waals surface area (Å²) in [6, 6.07) is 8.67. The Hall–Kier alpha value is -1.82. The molecule has 0 fully saturated rings. The van der Waals surface area contributed by atoms with Gasteiger partial charge in [-0.05, 0) is 29.5 Å². The van der Waals surface area contributed by atoms with Gasteiger partial charge in [0.1, 0.15) is 5.82 Å². The molecule has 1 aromatic carbocycles.